The topological polar surface area (TPSA) is 74.7 Å². The molecule has 21 heavy (non-hydrogen) atoms. The maximum absolute atomic E-state index is 12.9. The molecule has 0 aliphatic carbocycles. The van der Waals surface area contributed by atoms with Crippen molar-refractivity contribution in [1.29, 1.82) is 0 Å². The Hall–Kier alpha value is -1.12. The van der Waals surface area contributed by atoms with E-state index in [1.165, 1.54) is 11.8 Å². The molecule has 0 radical (unpaired) electrons. The number of rotatable bonds is 3. The van der Waals surface area contributed by atoms with Crippen LogP contribution in [0.4, 0.5) is 4.39 Å². The van der Waals surface area contributed by atoms with Crippen LogP contribution in [0, 0.1) is 5.82 Å². The van der Waals surface area contributed by atoms with Crippen LogP contribution in [0.25, 0.3) is 0 Å². The Bertz CT molecular complexity index is 643. The summed E-state index contributed by atoms with van der Waals surface area (Å²) in [6.45, 7) is 3.54. The van der Waals surface area contributed by atoms with Gasteiger partial charge < -0.3 is 5.11 Å². The van der Waals surface area contributed by atoms with Gasteiger partial charge >= 0.3 is 5.97 Å². The molecule has 1 N–H and O–H groups in total. The molecule has 1 aromatic rings. The third-order valence-corrected chi connectivity index (χ3v) is 6.62. The number of hydrogen-bond acceptors (Lipinski definition) is 4. The first-order valence-corrected chi connectivity index (χ1v) is 8.73. The average Bonchev–Trinajstić information content (AvgIpc) is 2.37. The monoisotopic (exact) mass is 333 g/mol. The van der Waals surface area contributed by atoms with Crippen molar-refractivity contribution in [3.05, 3.63) is 30.1 Å². The van der Waals surface area contributed by atoms with Crippen molar-refractivity contribution >= 4 is 27.8 Å². The van der Waals surface area contributed by atoms with Crippen LogP contribution in [0.2, 0.25) is 0 Å². The molecule has 2 rings (SSSR count). The lowest BCUT2D eigenvalue weighted by atomic mass is 10.0. The Morgan fingerprint density at radius 3 is 2.48 bits per heavy atom. The van der Waals surface area contributed by atoms with E-state index in [1.54, 1.807) is 13.8 Å². The molecule has 1 atom stereocenters. The Balaban J connectivity index is 2.46. The summed E-state index contributed by atoms with van der Waals surface area (Å²) < 4.78 is 38.5. The smallest absolute Gasteiger partial charge is 0.323 e. The molecule has 0 saturated carbocycles. The van der Waals surface area contributed by atoms with Crippen LogP contribution < -0.4 is 0 Å². The number of hydrogen-bond donors (Lipinski definition) is 1. The maximum atomic E-state index is 12.9. The predicted molar refractivity (Wildman–Crippen MR) is 78.3 cm³/mol. The zero-order valence-electron chi connectivity index (χ0n) is 11.6. The second-order valence-corrected chi connectivity index (χ2v) is 8.90. The molecule has 1 fully saturated rings. The largest absolute Gasteiger partial charge is 0.480 e. The molecule has 5 nitrogen and oxygen atoms in total. The number of carboxylic acids is 1. The van der Waals surface area contributed by atoms with Crippen molar-refractivity contribution in [3.63, 3.8) is 0 Å². The first kappa shape index (κ1) is 16.3. The van der Waals surface area contributed by atoms with Crippen LogP contribution in [0.1, 0.15) is 13.8 Å². The zero-order valence-corrected chi connectivity index (χ0v) is 13.2. The molecule has 0 amide bonds. The molecule has 1 aliphatic rings. The molecule has 1 aromatic carbocycles. The van der Waals surface area contributed by atoms with Crippen molar-refractivity contribution in [3.8, 4) is 0 Å². The zero-order chi connectivity index (χ0) is 15.8. The number of aliphatic carboxylic acids is 1. The fraction of sp³-hybridized carbons (Fsp3) is 0.462. The van der Waals surface area contributed by atoms with Crippen molar-refractivity contribution in [1.82, 2.24) is 4.31 Å². The van der Waals surface area contributed by atoms with Crippen LogP contribution in [0.15, 0.2) is 29.2 Å². The first-order chi connectivity index (χ1) is 9.66. The van der Waals surface area contributed by atoms with E-state index in [0.717, 1.165) is 28.6 Å². The van der Waals surface area contributed by atoms with Gasteiger partial charge in [-0.2, -0.15) is 16.1 Å². The first-order valence-electron chi connectivity index (χ1n) is 6.30. The summed E-state index contributed by atoms with van der Waals surface area (Å²) in [6, 6.07) is 3.24. The van der Waals surface area contributed by atoms with E-state index in [9.17, 15) is 22.7 Å². The normalized spacial score (nSPS) is 22.9. The van der Waals surface area contributed by atoms with Gasteiger partial charge in [-0.3, -0.25) is 4.79 Å². The summed E-state index contributed by atoms with van der Waals surface area (Å²) in [5.41, 5.74) is 0. The number of benzene rings is 1. The van der Waals surface area contributed by atoms with E-state index in [4.69, 9.17) is 0 Å². The predicted octanol–water partition coefficient (Wildman–Crippen LogP) is 1.80. The number of carboxylic acid groups (broad SMARTS) is 1. The van der Waals surface area contributed by atoms with Gasteiger partial charge in [0.15, 0.2) is 0 Å². The van der Waals surface area contributed by atoms with Gasteiger partial charge in [0.1, 0.15) is 11.9 Å². The van der Waals surface area contributed by atoms with E-state index < -0.39 is 32.6 Å². The van der Waals surface area contributed by atoms with Gasteiger partial charge in [0, 0.05) is 17.0 Å². The average molecular weight is 333 g/mol. The van der Waals surface area contributed by atoms with E-state index in [0.29, 0.717) is 5.75 Å². The Morgan fingerprint density at radius 1 is 1.38 bits per heavy atom. The Labute approximate surface area is 127 Å². The lowest BCUT2D eigenvalue weighted by Crippen LogP contribution is -2.58. The van der Waals surface area contributed by atoms with Crippen molar-refractivity contribution in [2.24, 2.45) is 0 Å². The minimum Gasteiger partial charge on any atom is -0.480 e. The van der Waals surface area contributed by atoms with E-state index in [1.807, 2.05) is 0 Å². The molecule has 0 bridgehead atoms. The molecule has 0 unspecified atom stereocenters. The summed E-state index contributed by atoms with van der Waals surface area (Å²) in [6.07, 6.45) is 0. The number of sulfonamides is 1. The second-order valence-electron chi connectivity index (χ2n) is 5.26. The molecule has 1 saturated heterocycles. The van der Waals surface area contributed by atoms with Crippen LogP contribution in [0.5, 0.6) is 0 Å². The quantitative estimate of drug-likeness (QED) is 0.913. The van der Waals surface area contributed by atoms with Gasteiger partial charge in [-0.15, -0.1) is 0 Å². The SMILES string of the molecule is CC1(C)SCCN(S(=O)(=O)c2ccc(F)cc2)[C@H]1C(=O)O. The van der Waals surface area contributed by atoms with Gasteiger partial charge in [0.05, 0.1) is 4.90 Å². The molecule has 1 aliphatic heterocycles. The molecular formula is C13H16FNO4S2. The molecule has 1 heterocycles. The Kier molecular flexibility index (Phi) is 4.32. The summed E-state index contributed by atoms with van der Waals surface area (Å²) in [5, 5.41) is 9.42. The fourth-order valence-electron chi connectivity index (χ4n) is 2.37. The minimum atomic E-state index is -3.97. The van der Waals surface area contributed by atoms with Gasteiger partial charge in [-0.1, -0.05) is 0 Å². The van der Waals surface area contributed by atoms with Crippen LogP contribution >= 0.6 is 11.8 Å². The minimum absolute atomic E-state index is 0.0992. The fourth-order valence-corrected chi connectivity index (χ4v) is 5.47. The van der Waals surface area contributed by atoms with E-state index in [2.05, 4.69) is 0 Å². The summed E-state index contributed by atoms with van der Waals surface area (Å²) >= 11 is 1.43. The molecule has 0 aromatic heterocycles. The van der Waals surface area contributed by atoms with Crippen LogP contribution in [0.3, 0.4) is 0 Å². The standard InChI is InChI=1S/C13H16FNO4S2/c1-13(2)11(12(16)17)15(7-8-20-13)21(18,19)10-5-3-9(14)4-6-10/h3-6,11H,7-8H2,1-2H3,(H,16,17)/t11-/m0/s1. The second kappa shape index (κ2) is 5.58. The van der Waals surface area contributed by atoms with Gasteiger partial charge in [0.2, 0.25) is 10.0 Å². The highest BCUT2D eigenvalue weighted by atomic mass is 32.2. The lowest BCUT2D eigenvalue weighted by molar-refractivity contribution is -0.142. The van der Waals surface area contributed by atoms with Crippen molar-refractivity contribution in [2.45, 2.75) is 29.5 Å². The number of thioether (sulfide) groups is 1. The lowest BCUT2D eigenvalue weighted by Gasteiger charge is -2.42. The van der Waals surface area contributed by atoms with E-state index >= 15 is 0 Å². The number of nitrogens with zero attached hydrogens (tertiary/aromatic N) is 1. The molecular weight excluding hydrogens is 317 g/mol. The van der Waals surface area contributed by atoms with Gasteiger partial charge in [-0.05, 0) is 38.1 Å². The summed E-state index contributed by atoms with van der Waals surface area (Å²) in [5.74, 6) is -1.21. The van der Waals surface area contributed by atoms with Gasteiger partial charge in [0.25, 0.3) is 0 Å². The molecule has 0 spiro atoms. The highest BCUT2D eigenvalue weighted by Crippen LogP contribution is 2.38. The van der Waals surface area contributed by atoms with Crippen molar-refractivity contribution in [2.75, 3.05) is 12.3 Å². The Morgan fingerprint density at radius 2 is 1.95 bits per heavy atom. The van der Waals surface area contributed by atoms with E-state index in [-0.39, 0.29) is 11.4 Å². The highest BCUT2D eigenvalue weighted by Gasteiger charge is 2.48. The number of carbonyl (C=O) groups is 1. The van der Waals surface area contributed by atoms with Gasteiger partial charge in [-0.25, -0.2) is 12.8 Å². The summed E-state index contributed by atoms with van der Waals surface area (Å²) in [7, 11) is -3.97. The molecule has 8 heteroatoms. The number of halogens is 1. The summed E-state index contributed by atoms with van der Waals surface area (Å²) in [4.78, 5) is 11.4. The van der Waals surface area contributed by atoms with Crippen LogP contribution in [-0.4, -0.2) is 46.9 Å². The third kappa shape index (κ3) is 3.07. The molecule has 116 valence electrons. The highest BCUT2D eigenvalue weighted by molar-refractivity contribution is 8.00. The maximum Gasteiger partial charge on any atom is 0.323 e. The van der Waals surface area contributed by atoms with Crippen LogP contribution in [-0.2, 0) is 14.8 Å². The third-order valence-electron chi connectivity index (χ3n) is 3.39. The van der Waals surface area contributed by atoms with Crippen molar-refractivity contribution < 1.29 is 22.7 Å².